The second-order valence-corrected chi connectivity index (χ2v) is 9.13. The number of Topliss-reactive ketones (excluding diaryl/α,β-unsaturated/α-hetero) is 1. The first-order valence-electron chi connectivity index (χ1n) is 9.63. The van der Waals surface area contributed by atoms with Gasteiger partial charge in [0, 0.05) is 29.8 Å². The molecule has 0 amide bonds. The smallest absolute Gasteiger partial charge is 0.168 e. The molecule has 4 heteroatoms. The van der Waals surface area contributed by atoms with Crippen LogP contribution in [0.4, 0.5) is 5.69 Å². The summed E-state index contributed by atoms with van der Waals surface area (Å²) in [5, 5.41) is 20.5. The number of hydrogen-bond donors (Lipinski definition) is 2. The molecule has 0 aliphatic heterocycles. The van der Waals surface area contributed by atoms with Crippen molar-refractivity contribution in [2.24, 2.45) is 10.8 Å². The lowest BCUT2D eigenvalue weighted by Crippen LogP contribution is -2.29. The van der Waals surface area contributed by atoms with E-state index in [9.17, 15) is 15.0 Å². The van der Waals surface area contributed by atoms with Crippen molar-refractivity contribution in [3.63, 3.8) is 0 Å². The molecule has 0 bridgehead atoms. The summed E-state index contributed by atoms with van der Waals surface area (Å²) in [7, 11) is 0. The van der Waals surface area contributed by atoms with Gasteiger partial charge in [-0.25, -0.2) is 0 Å². The zero-order chi connectivity index (χ0) is 20.2. The van der Waals surface area contributed by atoms with Crippen molar-refractivity contribution in [3.8, 4) is 0 Å². The molecule has 0 aliphatic carbocycles. The van der Waals surface area contributed by atoms with E-state index < -0.39 is 5.41 Å². The molecule has 0 saturated carbocycles. The van der Waals surface area contributed by atoms with Crippen LogP contribution in [0.25, 0.3) is 10.8 Å². The second-order valence-electron chi connectivity index (χ2n) is 9.13. The highest BCUT2D eigenvalue weighted by Gasteiger charge is 2.33. The number of anilines is 1. The van der Waals surface area contributed by atoms with Crippen LogP contribution in [-0.4, -0.2) is 42.3 Å². The summed E-state index contributed by atoms with van der Waals surface area (Å²) in [5.41, 5.74) is 1.38. The average Bonchev–Trinajstić information content (AvgIpc) is 2.58. The van der Waals surface area contributed by atoms with Crippen molar-refractivity contribution in [2.75, 3.05) is 31.2 Å². The highest BCUT2D eigenvalue weighted by atomic mass is 16.3. The predicted octanol–water partition coefficient (Wildman–Crippen LogP) is 4.28. The maximum Gasteiger partial charge on any atom is 0.168 e. The van der Waals surface area contributed by atoms with Gasteiger partial charge in [0.1, 0.15) is 0 Å². The van der Waals surface area contributed by atoms with Crippen LogP contribution in [0.1, 0.15) is 51.4 Å². The number of ketones is 1. The van der Waals surface area contributed by atoms with E-state index in [1.54, 1.807) is 0 Å². The summed E-state index contributed by atoms with van der Waals surface area (Å²) < 4.78 is 0. The van der Waals surface area contributed by atoms with Crippen LogP contribution in [-0.2, 0) is 0 Å². The molecule has 0 radical (unpaired) electrons. The van der Waals surface area contributed by atoms with Gasteiger partial charge in [0.15, 0.2) is 5.78 Å². The molecule has 2 N–H and O–H groups in total. The minimum atomic E-state index is -0.412. The number of fused-ring (bicyclic) bond motifs is 1. The third-order valence-electron chi connectivity index (χ3n) is 4.78. The Morgan fingerprint density at radius 3 is 2.00 bits per heavy atom. The molecule has 27 heavy (non-hydrogen) atoms. The second kappa shape index (κ2) is 8.41. The van der Waals surface area contributed by atoms with E-state index in [0.717, 1.165) is 28.4 Å². The van der Waals surface area contributed by atoms with Gasteiger partial charge in [0.25, 0.3) is 0 Å². The molecule has 0 spiro atoms. The standard InChI is InChI=1S/C23H33NO3/c1-22(2,3)16-23(4,5)21(27)19-7-6-18-15-20(9-8-17(18)14-19)24(10-12-25)11-13-26/h6-9,14-15,25-26H,10-13,16H2,1-5H3. The summed E-state index contributed by atoms with van der Waals surface area (Å²) in [6.45, 7) is 11.6. The molecular weight excluding hydrogens is 338 g/mol. The molecule has 2 aromatic carbocycles. The minimum absolute atomic E-state index is 0.0360. The van der Waals surface area contributed by atoms with Crippen molar-refractivity contribution >= 4 is 22.2 Å². The molecule has 2 aromatic rings. The van der Waals surface area contributed by atoms with Gasteiger partial charge in [-0.1, -0.05) is 52.8 Å². The summed E-state index contributed by atoms with van der Waals surface area (Å²) in [6, 6.07) is 11.9. The molecule has 0 saturated heterocycles. The van der Waals surface area contributed by atoms with Crippen LogP contribution in [0.2, 0.25) is 0 Å². The van der Waals surface area contributed by atoms with Crippen LogP contribution in [0, 0.1) is 10.8 Å². The third kappa shape index (κ3) is 5.53. The average molecular weight is 372 g/mol. The fourth-order valence-corrected chi connectivity index (χ4v) is 3.98. The Balaban J connectivity index is 2.32. The lowest BCUT2D eigenvalue weighted by Gasteiger charge is -2.31. The number of carbonyl (C=O) groups is 1. The lowest BCUT2D eigenvalue weighted by molar-refractivity contribution is 0.0770. The molecule has 2 rings (SSSR count). The Hall–Kier alpha value is -1.91. The van der Waals surface area contributed by atoms with Crippen LogP contribution < -0.4 is 4.90 Å². The number of rotatable bonds is 8. The SMILES string of the molecule is CC(C)(C)CC(C)(C)C(=O)c1ccc2cc(N(CCO)CCO)ccc2c1. The molecule has 0 heterocycles. The number of hydrogen-bond acceptors (Lipinski definition) is 4. The van der Waals surface area contributed by atoms with Gasteiger partial charge in [-0.2, -0.15) is 0 Å². The molecule has 0 fully saturated rings. The zero-order valence-electron chi connectivity index (χ0n) is 17.2. The molecule has 0 unspecified atom stereocenters. The topological polar surface area (TPSA) is 60.8 Å². The van der Waals surface area contributed by atoms with Crippen molar-refractivity contribution < 1.29 is 15.0 Å². The monoisotopic (exact) mass is 371 g/mol. The Kier molecular flexibility index (Phi) is 6.66. The predicted molar refractivity (Wildman–Crippen MR) is 113 cm³/mol. The van der Waals surface area contributed by atoms with Crippen molar-refractivity contribution in [2.45, 2.75) is 41.0 Å². The van der Waals surface area contributed by atoms with Crippen molar-refractivity contribution in [1.82, 2.24) is 0 Å². The maximum absolute atomic E-state index is 13.1. The van der Waals surface area contributed by atoms with Gasteiger partial charge in [-0.15, -0.1) is 0 Å². The van der Waals surface area contributed by atoms with Crippen molar-refractivity contribution in [3.05, 3.63) is 42.0 Å². The first kappa shape index (κ1) is 21.4. The largest absolute Gasteiger partial charge is 0.395 e. The van der Waals surface area contributed by atoms with Crippen molar-refractivity contribution in [1.29, 1.82) is 0 Å². The maximum atomic E-state index is 13.1. The lowest BCUT2D eigenvalue weighted by atomic mass is 9.72. The molecule has 0 atom stereocenters. The number of aliphatic hydroxyl groups excluding tert-OH is 2. The van der Waals surface area contributed by atoms with E-state index in [2.05, 4.69) is 20.8 Å². The van der Waals surface area contributed by atoms with Crippen LogP contribution in [0.5, 0.6) is 0 Å². The quantitative estimate of drug-likeness (QED) is 0.680. The first-order chi connectivity index (χ1) is 12.6. The highest BCUT2D eigenvalue weighted by Crippen LogP contribution is 2.36. The molecule has 4 nitrogen and oxygen atoms in total. The molecular formula is C23H33NO3. The van der Waals surface area contributed by atoms with Crippen LogP contribution in [0.15, 0.2) is 36.4 Å². The van der Waals surface area contributed by atoms with Crippen LogP contribution >= 0.6 is 0 Å². The Labute approximate surface area is 162 Å². The molecule has 0 aliphatic rings. The van der Waals surface area contributed by atoms with E-state index >= 15 is 0 Å². The molecule has 0 aromatic heterocycles. The van der Waals surface area contributed by atoms with Gasteiger partial charge >= 0.3 is 0 Å². The van der Waals surface area contributed by atoms with E-state index in [0.29, 0.717) is 13.1 Å². The van der Waals surface area contributed by atoms with E-state index in [-0.39, 0.29) is 24.4 Å². The Morgan fingerprint density at radius 1 is 0.889 bits per heavy atom. The Bertz CT molecular complexity index is 784. The van der Waals surface area contributed by atoms with Gasteiger partial charge in [0.05, 0.1) is 13.2 Å². The summed E-state index contributed by atoms with van der Waals surface area (Å²) in [5.74, 6) is 0.172. The number of benzene rings is 2. The third-order valence-corrected chi connectivity index (χ3v) is 4.78. The van der Waals surface area contributed by atoms with Gasteiger partial charge in [-0.3, -0.25) is 4.79 Å². The zero-order valence-corrected chi connectivity index (χ0v) is 17.2. The van der Waals surface area contributed by atoms with Gasteiger partial charge in [0.2, 0.25) is 0 Å². The van der Waals surface area contributed by atoms with Gasteiger partial charge < -0.3 is 15.1 Å². The summed E-state index contributed by atoms with van der Waals surface area (Å²) >= 11 is 0. The Morgan fingerprint density at radius 2 is 1.44 bits per heavy atom. The fraction of sp³-hybridized carbons (Fsp3) is 0.522. The van der Waals surface area contributed by atoms with E-state index in [1.165, 1.54) is 0 Å². The first-order valence-corrected chi connectivity index (χ1v) is 9.63. The normalized spacial score (nSPS) is 12.4. The summed E-state index contributed by atoms with van der Waals surface area (Å²) in [4.78, 5) is 15.0. The number of carbonyl (C=O) groups excluding carboxylic acids is 1. The number of aliphatic hydroxyl groups is 2. The van der Waals surface area contributed by atoms with E-state index in [4.69, 9.17) is 0 Å². The minimum Gasteiger partial charge on any atom is -0.395 e. The summed E-state index contributed by atoms with van der Waals surface area (Å²) in [6.07, 6.45) is 0.826. The highest BCUT2D eigenvalue weighted by molar-refractivity contribution is 6.03. The van der Waals surface area contributed by atoms with Gasteiger partial charge in [-0.05, 0) is 40.8 Å². The number of nitrogens with zero attached hydrogens (tertiary/aromatic N) is 1. The fourth-order valence-electron chi connectivity index (χ4n) is 3.98. The van der Waals surface area contributed by atoms with Crippen LogP contribution in [0.3, 0.4) is 0 Å². The molecule has 148 valence electrons. The van der Waals surface area contributed by atoms with E-state index in [1.807, 2.05) is 55.1 Å².